The van der Waals surface area contributed by atoms with Crippen molar-refractivity contribution in [2.24, 2.45) is 0 Å². The zero-order valence-electron chi connectivity index (χ0n) is 11.7. The molecule has 1 aromatic carbocycles. The summed E-state index contributed by atoms with van der Waals surface area (Å²) in [6, 6.07) is 5.00. The van der Waals surface area contributed by atoms with Gasteiger partial charge in [0.05, 0.1) is 0 Å². The van der Waals surface area contributed by atoms with E-state index in [0.717, 1.165) is 9.48 Å². The number of nitrogens with one attached hydrogen (secondary N) is 1. The van der Waals surface area contributed by atoms with E-state index in [1.54, 1.807) is 38.1 Å². The van der Waals surface area contributed by atoms with Crippen LogP contribution in [0.5, 0.6) is 0 Å². The maximum atomic E-state index is 13.4. The molecule has 116 valence electrons. The smallest absolute Gasteiger partial charge is 0.288 e. The number of rotatable bonds is 3. The van der Waals surface area contributed by atoms with E-state index in [1.807, 2.05) is 0 Å². The molecule has 1 heterocycles. The molecule has 3 nitrogen and oxygen atoms in total. The van der Waals surface area contributed by atoms with Gasteiger partial charge in [0.2, 0.25) is 5.91 Å². The van der Waals surface area contributed by atoms with Crippen LogP contribution in [0.4, 0.5) is 13.2 Å². The van der Waals surface area contributed by atoms with Crippen molar-refractivity contribution in [3.05, 3.63) is 34.3 Å². The molecule has 1 saturated heterocycles. The van der Waals surface area contributed by atoms with E-state index in [4.69, 9.17) is 0 Å². The van der Waals surface area contributed by atoms with Gasteiger partial charge in [-0.15, -0.1) is 0 Å². The molecule has 0 aromatic heterocycles. The first-order valence-corrected chi connectivity index (χ1v) is 7.29. The number of hydrazine groups is 1. The van der Waals surface area contributed by atoms with Crippen molar-refractivity contribution in [3.63, 3.8) is 0 Å². The average Bonchev–Trinajstić information content (AvgIpc) is 2.58. The number of carbonyl (C=O) groups excluding carboxylic acids is 1. The maximum absolute atomic E-state index is 13.4. The van der Waals surface area contributed by atoms with Crippen LogP contribution >= 0.6 is 15.9 Å². The number of amides is 1. The maximum Gasteiger partial charge on any atom is 0.406 e. The molecular weight excluding hydrogens is 349 g/mol. The Morgan fingerprint density at radius 1 is 1.43 bits per heavy atom. The van der Waals surface area contributed by atoms with Crippen LogP contribution in [-0.4, -0.2) is 28.7 Å². The number of hydrogen-bond acceptors (Lipinski definition) is 2. The summed E-state index contributed by atoms with van der Waals surface area (Å²) in [6.07, 6.45) is -4.60. The molecule has 1 atom stereocenters. The molecule has 1 fully saturated rings. The number of halogens is 4. The fourth-order valence-corrected chi connectivity index (χ4v) is 2.99. The molecule has 0 aliphatic carbocycles. The molecule has 7 heteroatoms. The van der Waals surface area contributed by atoms with Crippen LogP contribution in [-0.2, 0) is 11.2 Å². The van der Waals surface area contributed by atoms with Gasteiger partial charge in [-0.25, -0.2) is 5.01 Å². The molecule has 2 rings (SSSR count). The van der Waals surface area contributed by atoms with E-state index in [-0.39, 0.29) is 18.7 Å². The van der Waals surface area contributed by atoms with Crippen LogP contribution in [0.1, 0.15) is 25.8 Å². The van der Waals surface area contributed by atoms with Gasteiger partial charge in [0.1, 0.15) is 6.04 Å². The number of hydrogen-bond donors (Lipinski definition) is 1. The van der Waals surface area contributed by atoms with Crippen molar-refractivity contribution in [1.29, 1.82) is 0 Å². The van der Waals surface area contributed by atoms with Crippen LogP contribution in [0.2, 0.25) is 0 Å². The van der Waals surface area contributed by atoms with E-state index in [0.29, 0.717) is 5.56 Å². The molecule has 1 aromatic rings. The lowest BCUT2D eigenvalue weighted by molar-refractivity contribution is -0.200. The van der Waals surface area contributed by atoms with Crippen molar-refractivity contribution in [1.82, 2.24) is 10.4 Å². The van der Waals surface area contributed by atoms with Gasteiger partial charge < -0.3 is 0 Å². The largest absolute Gasteiger partial charge is 0.406 e. The molecule has 1 N–H and O–H groups in total. The first-order chi connectivity index (χ1) is 9.59. The molecule has 0 saturated carbocycles. The second-order valence-electron chi connectivity index (χ2n) is 5.79. The van der Waals surface area contributed by atoms with Gasteiger partial charge in [0.15, 0.2) is 0 Å². The lowest BCUT2D eigenvalue weighted by Gasteiger charge is -2.37. The third-order valence-corrected chi connectivity index (χ3v) is 3.99. The van der Waals surface area contributed by atoms with Gasteiger partial charge in [-0.3, -0.25) is 10.2 Å². The van der Waals surface area contributed by atoms with Crippen molar-refractivity contribution in [2.45, 2.75) is 44.4 Å². The lowest BCUT2D eigenvalue weighted by atomic mass is 9.97. The minimum Gasteiger partial charge on any atom is -0.288 e. The van der Waals surface area contributed by atoms with E-state index in [9.17, 15) is 18.0 Å². The zero-order valence-corrected chi connectivity index (χ0v) is 13.3. The Labute approximate surface area is 129 Å². The van der Waals surface area contributed by atoms with Gasteiger partial charge >= 0.3 is 6.18 Å². The van der Waals surface area contributed by atoms with Gasteiger partial charge in [-0.05, 0) is 38.0 Å². The van der Waals surface area contributed by atoms with E-state index in [1.165, 1.54) is 0 Å². The molecule has 0 bridgehead atoms. The van der Waals surface area contributed by atoms with Crippen LogP contribution in [0.3, 0.4) is 0 Å². The number of carbonyl (C=O) groups is 1. The van der Waals surface area contributed by atoms with Gasteiger partial charge in [-0.2, -0.15) is 13.2 Å². The molecule has 0 spiro atoms. The summed E-state index contributed by atoms with van der Waals surface area (Å²) in [7, 11) is 0. The highest BCUT2D eigenvalue weighted by atomic mass is 79.9. The molecule has 21 heavy (non-hydrogen) atoms. The average molecular weight is 365 g/mol. The number of alkyl halides is 3. The van der Waals surface area contributed by atoms with Crippen molar-refractivity contribution >= 4 is 21.8 Å². The fraction of sp³-hybridized carbons (Fsp3) is 0.500. The highest BCUT2D eigenvalue weighted by Crippen LogP contribution is 2.35. The SMILES string of the molecule is CC1(C)CC(=O)NN1C(Cc1cccc(Br)c1)C(F)(F)F. The standard InChI is InChI=1S/C14H16BrF3N2O/c1-13(2)8-12(21)19-20(13)11(14(16,17)18)7-9-4-3-5-10(15)6-9/h3-6,11H,7-8H2,1-2H3,(H,19,21). The monoisotopic (exact) mass is 364 g/mol. The summed E-state index contributed by atoms with van der Waals surface area (Å²) in [4.78, 5) is 11.5. The van der Waals surface area contributed by atoms with Crippen LogP contribution < -0.4 is 5.43 Å². The van der Waals surface area contributed by atoms with Crippen LogP contribution in [0, 0.1) is 0 Å². The summed E-state index contributed by atoms with van der Waals surface area (Å²) in [6.45, 7) is 3.26. The Balaban J connectivity index is 2.30. The second-order valence-corrected chi connectivity index (χ2v) is 6.70. The highest BCUT2D eigenvalue weighted by molar-refractivity contribution is 9.10. The molecule has 0 radical (unpaired) electrons. The topological polar surface area (TPSA) is 32.3 Å². The first kappa shape index (κ1) is 16.3. The quantitative estimate of drug-likeness (QED) is 0.890. The van der Waals surface area contributed by atoms with Gasteiger partial charge in [-0.1, -0.05) is 28.1 Å². The van der Waals surface area contributed by atoms with Crippen LogP contribution in [0.15, 0.2) is 28.7 Å². The predicted molar refractivity (Wildman–Crippen MR) is 76.4 cm³/mol. The highest BCUT2D eigenvalue weighted by Gasteiger charge is 2.51. The lowest BCUT2D eigenvalue weighted by Crippen LogP contribution is -2.57. The Bertz CT molecular complexity index is 545. The molecule has 1 aliphatic heterocycles. The summed E-state index contributed by atoms with van der Waals surface area (Å²) in [5.41, 5.74) is 2.04. The van der Waals surface area contributed by atoms with Crippen molar-refractivity contribution < 1.29 is 18.0 Å². The molecule has 1 amide bonds. The third-order valence-electron chi connectivity index (χ3n) is 3.50. The minimum absolute atomic E-state index is 0.0536. The van der Waals surface area contributed by atoms with Crippen molar-refractivity contribution in [3.8, 4) is 0 Å². The van der Waals surface area contributed by atoms with E-state index in [2.05, 4.69) is 21.4 Å². The Hall–Kier alpha value is -1.08. The normalized spacial score (nSPS) is 20.4. The van der Waals surface area contributed by atoms with E-state index < -0.39 is 17.8 Å². The Morgan fingerprint density at radius 3 is 2.57 bits per heavy atom. The third kappa shape index (κ3) is 3.77. The molecule has 1 aliphatic rings. The summed E-state index contributed by atoms with van der Waals surface area (Å²) in [5, 5.41) is 1.04. The predicted octanol–water partition coefficient (Wildman–Crippen LogP) is 3.44. The summed E-state index contributed by atoms with van der Waals surface area (Å²) in [5.74, 6) is -0.386. The van der Waals surface area contributed by atoms with Crippen molar-refractivity contribution in [2.75, 3.05) is 0 Å². The Morgan fingerprint density at radius 2 is 2.10 bits per heavy atom. The van der Waals surface area contributed by atoms with E-state index >= 15 is 0 Å². The van der Waals surface area contributed by atoms with Crippen LogP contribution in [0.25, 0.3) is 0 Å². The summed E-state index contributed by atoms with van der Waals surface area (Å²) < 4.78 is 41.0. The molecule has 1 unspecified atom stereocenters. The summed E-state index contributed by atoms with van der Waals surface area (Å²) >= 11 is 3.25. The number of nitrogens with zero attached hydrogens (tertiary/aromatic N) is 1. The Kier molecular flexibility index (Phi) is 4.35. The fourth-order valence-electron chi connectivity index (χ4n) is 2.54. The zero-order chi connectivity index (χ0) is 15.8. The molecular formula is C14H16BrF3N2O. The minimum atomic E-state index is -4.43. The van der Waals surface area contributed by atoms with Gasteiger partial charge in [0, 0.05) is 16.4 Å². The first-order valence-electron chi connectivity index (χ1n) is 6.49. The van der Waals surface area contributed by atoms with Gasteiger partial charge in [0.25, 0.3) is 0 Å². The second kappa shape index (κ2) is 5.61. The number of benzene rings is 1.